The first kappa shape index (κ1) is 22.7. The molecule has 3 aromatic rings. The number of hydrogen-bond donors (Lipinski definition) is 1. The van der Waals surface area contributed by atoms with Crippen molar-refractivity contribution < 1.29 is 27.2 Å². The fourth-order valence-corrected chi connectivity index (χ4v) is 3.83. The summed E-state index contributed by atoms with van der Waals surface area (Å²) in [6.07, 6.45) is -2.59. The fourth-order valence-electron chi connectivity index (χ4n) is 3.83. The molecule has 0 unspecified atom stereocenters. The normalized spacial score (nSPS) is 13.9. The van der Waals surface area contributed by atoms with Gasteiger partial charge < -0.3 is 19.5 Å². The molecule has 2 aromatic carbocycles. The SMILES string of the molecule is Cc1noc(C)c1COc1cccc(C(=O)Nc2cc(C(F)(F)F)ccc2N2CCCC2)c1. The lowest BCUT2D eigenvalue weighted by Crippen LogP contribution is -2.22. The molecule has 1 saturated heterocycles. The average molecular weight is 459 g/mol. The van der Waals surface area contributed by atoms with E-state index in [4.69, 9.17) is 9.26 Å². The van der Waals surface area contributed by atoms with Crippen molar-refractivity contribution in [1.82, 2.24) is 5.16 Å². The first-order valence-electron chi connectivity index (χ1n) is 10.6. The lowest BCUT2D eigenvalue weighted by Gasteiger charge is -2.23. The Kier molecular flexibility index (Phi) is 6.31. The standard InChI is InChI=1S/C24H24F3N3O3/c1-15-20(16(2)33-29-15)14-32-19-7-5-6-17(12-19)23(31)28-21-13-18(24(25,26)27)8-9-22(21)30-10-3-4-11-30/h5-9,12-13H,3-4,10-11,14H2,1-2H3,(H,28,31). The van der Waals surface area contributed by atoms with Crippen LogP contribution in [-0.4, -0.2) is 24.2 Å². The van der Waals surface area contributed by atoms with Gasteiger partial charge in [-0.2, -0.15) is 13.2 Å². The number of nitrogens with zero attached hydrogens (tertiary/aromatic N) is 2. The predicted molar refractivity (Wildman–Crippen MR) is 118 cm³/mol. The maximum Gasteiger partial charge on any atom is 0.416 e. The highest BCUT2D eigenvalue weighted by Crippen LogP contribution is 2.36. The second-order valence-corrected chi connectivity index (χ2v) is 8.00. The minimum absolute atomic E-state index is 0.138. The molecular weight excluding hydrogens is 435 g/mol. The first-order valence-corrected chi connectivity index (χ1v) is 10.6. The Labute approximate surface area is 189 Å². The summed E-state index contributed by atoms with van der Waals surface area (Å²) in [5.41, 5.74) is 1.73. The molecule has 4 rings (SSSR count). The monoisotopic (exact) mass is 459 g/mol. The molecule has 0 bridgehead atoms. The van der Waals surface area contributed by atoms with E-state index in [0.717, 1.165) is 49.3 Å². The van der Waals surface area contributed by atoms with Crippen LogP contribution in [0.4, 0.5) is 24.5 Å². The summed E-state index contributed by atoms with van der Waals surface area (Å²) in [6, 6.07) is 9.96. The number of anilines is 2. The van der Waals surface area contributed by atoms with E-state index >= 15 is 0 Å². The third-order valence-electron chi connectivity index (χ3n) is 5.68. The van der Waals surface area contributed by atoms with E-state index in [1.165, 1.54) is 6.07 Å². The summed E-state index contributed by atoms with van der Waals surface area (Å²) in [6.45, 7) is 5.29. The molecule has 0 atom stereocenters. The van der Waals surface area contributed by atoms with Gasteiger partial charge in [0.1, 0.15) is 18.1 Å². The van der Waals surface area contributed by atoms with Crippen LogP contribution in [0.15, 0.2) is 47.0 Å². The Morgan fingerprint density at radius 1 is 1.15 bits per heavy atom. The summed E-state index contributed by atoms with van der Waals surface area (Å²) < 4.78 is 50.8. The van der Waals surface area contributed by atoms with E-state index in [0.29, 0.717) is 17.2 Å². The van der Waals surface area contributed by atoms with Gasteiger partial charge in [0.25, 0.3) is 5.91 Å². The number of rotatable bonds is 6. The molecular formula is C24H24F3N3O3. The Morgan fingerprint density at radius 3 is 2.58 bits per heavy atom. The molecule has 9 heteroatoms. The van der Waals surface area contributed by atoms with Crippen LogP contribution in [0.1, 0.15) is 45.8 Å². The maximum atomic E-state index is 13.3. The molecule has 0 saturated carbocycles. The molecule has 0 spiro atoms. The Bertz CT molecular complexity index is 1130. The molecule has 1 aliphatic heterocycles. The molecule has 1 N–H and O–H groups in total. The van der Waals surface area contributed by atoms with Crippen molar-refractivity contribution in [3.63, 3.8) is 0 Å². The van der Waals surface area contributed by atoms with Gasteiger partial charge in [-0.25, -0.2) is 0 Å². The molecule has 0 radical (unpaired) electrons. The van der Waals surface area contributed by atoms with E-state index in [2.05, 4.69) is 10.5 Å². The first-order chi connectivity index (χ1) is 15.7. The summed E-state index contributed by atoms with van der Waals surface area (Å²) >= 11 is 0. The lowest BCUT2D eigenvalue weighted by molar-refractivity contribution is -0.137. The van der Waals surface area contributed by atoms with Gasteiger partial charge in [0.05, 0.1) is 28.2 Å². The largest absolute Gasteiger partial charge is 0.489 e. The van der Waals surface area contributed by atoms with Gasteiger partial charge in [0, 0.05) is 18.7 Å². The highest BCUT2D eigenvalue weighted by molar-refractivity contribution is 6.06. The smallest absolute Gasteiger partial charge is 0.416 e. The summed E-state index contributed by atoms with van der Waals surface area (Å²) in [5, 5.41) is 6.55. The van der Waals surface area contributed by atoms with Crippen LogP contribution >= 0.6 is 0 Å². The van der Waals surface area contributed by atoms with Crippen molar-refractivity contribution >= 4 is 17.3 Å². The average Bonchev–Trinajstić information content (AvgIpc) is 3.42. The topological polar surface area (TPSA) is 67.6 Å². The number of carbonyl (C=O) groups excluding carboxylic acids is 1. The molecule has 6 nitrogen and oxygen atoms in total. The van der Waals surface area contributed by atoms with Crippen LogP contribution in [0.2, 0.25) is 0 Å². The summed E-state index contributed by atoms with van der Waals surface area (Å²) in [4.78, 5) is 14.9. The predicted octanol–water partition coefficient (Wildman–Crippen LogP) is 5.74. The minimum Gasteiger partial charge on any atom is -0.489 e. The third-order valence-corrected chi connectivity index (χ3v) is 5.68. The van der Waals surface area contributed by atoms with Crippen LogP contribution in [0.3, 0.4) is 0 Å². The van der Waals surface area contributed by atoms with E-state index in [1.54, 1.807) is 31.2 Å². The minimum atomic E-state index is -4.50. The number of aryl methyl sites for hydroxylation is 2. The number of amides is 1. The van der Waals surface area contributed by atoms with Crippen molar-refractivity contribution in [2.24, 2.45) is 0 Å². The van der Waals surface area contributed by atoms with Crippen LogP contribution in [0.25, 0.3) is 0 Å². The van der Waals surface area contributed by atoms with Crippen molar-refractivity contribution in [3.8, 4) is 5.75 Å². The van der Waals surface area contributed by atoms with E-state index in [-0.39, 0.29) is 17.9 Å². The van der Waals surface area contributed by atoms with Gasteiger partial charge in [0.2, 0.25) is 0 Å². The lowest BCUT2D eigenvalue weighted by atomic mass is 10.1. The van der Waals surface area contributed by atoms with Gasteiger partial charge in [-0.3, -0.25) is 4.79 Å². The highest BCUT2D eigenvalue weighted by Gasteiger charge is 2.32. The Hall–Kier alpha value is -3.49. The number of halogens is 3. The quantitative estimate of drug-likeness (QED) is 0.509. The maximum absolute atomic E-state index is 13.3. The van der Waals surface area contributed by atoms with Crippen LogP contribution < -0.4 is 15.0 Å². The van der Waals surface area contributed by atoms with E-state index in [9.17, 15) is 18.0 Å². The van der Waals surface area contributed by atoms with Gasteiger partial charge in [0.15, 0.2) is 0 Å². The molecule has 2 heterocycles. The molecule has 1 amide bonds. The molecule has 174 valence electrons. The van der Waals surface area contributed by atoms with Crippen molar-refractivity contribution in [2.45, 2.75) is 39.5 Å². The molecule has 0 aliphatic carbocycles. The number of carbonyl (C=O) groups is 1. The van der Waals surface area contributed by atoms with Crippen LogP contribution in [0, 0.1) is 13.8 Å². The molecule has 33 heavy (non-hydrogen) atoms. The van der Waals surface area contributed by atoms with Gasteiger partial charge in [-0.1, -0.05) is 11.2 Å². The molecule has 1 fully saturated rings. The number of ether oxygens (including phenoxy) is 1. The Morgan fingerprint density at radius 2 is 1.91 bits per heavy atom. The molecule has 1 aromatic heterocycles. The fraction of sp³-hybridized carbons (Fsp3) is 0.333. The van der Waals surface area contributed by atoms with Gasteiger partial charge in [-0.05, 0) is 63.1 Å². The Balaban J connectivity index is 1.54. The second-order valence-electron chi connectivity index (χ2n) is 8.00. The van der Waals surface area contributed by atoms with Crippen molar-refractivity contribution in [2.75, 3.05) is 23.3 Å². The highest BCUT2D eigenvalue weighted by atomic mass is 19.4. The number of hydrogen-bond acceptors (Lipinski definition) is 5. The number of nitrogens with one attached hydrogen (secondary N) is 1. The van der Waals surface area contributed by atoms with Crippen LogP contribution in [-0.2, 0) is 12.8 Å². The third kappa shape index (κ3) is 5.13. The zero-order chi connectivity index (χ0) is 23.6. The van der Waals surface area contributed by atoms with E-state index < -0.39 is 17.6 Å². The zero-order valence-electron chi connectivity index (χ0n) is 18.3. The summed E-state index contributed by atoms with van der Waals surface area (Å²) in [7, 11) is 0. The van der Waals surface area contributed by atoms with Gasteiger partial charge >= 0.3 is 6.18 Å². The number of aromatic nitrogens is 1. The zero-order valence-corrected chi connectivity index (χ0v) is 18.3. The summed E-state index contributed by atoms with van der Waals surface area (Å²) in [5.74, 6) is 0.587. The second kappa shape index (κ2) is 9.17. The number of alkyl halides is 3. The van der Waals surface area contributed by atoms with Crippen molar-refractivity contribution in [3.05, 3.63) is 70.6 Å². The van der Waals surface area contributed by atoms with Crippen LogP contribution in [0.5, 0.6) is 5.75 Å². The number of benzene rings is 2. The van der Waals surface area contributed by atoms with Gasteiger partial charge in [-0.15, -0.1) is 0 Å². The van der Waals surface area contributed by atoms with Crippen molar-refractivity contribution in [1.29, 1.82) is 0 Å². The van der Waals surface area contributed by atoms with E-state index in [1.807, 2.05) is 11.8 Å². The molecule has 1 aliphatic rings.